The molecule has 2 bridgehead atoms. The molecule has 1 aliphatic carbocycles. The highest BCUT2D eigenvalue weighted by atomic mass is 35.5. The number of carbonyl (C=O) groups is 2. The number of benzene rings is 1. The van der Waals surface area contributed by atoms with Crippen molar-refractivity contribution in [1.82, 2.24) is 14.8 Å². The second-order valence-corrected chi connectivity index (χ2v) is 8.98. The number of piperidine rings is 2. The van der Waals surface area contributed by atoms with Gasteiger partial charge in [-0.25, -0.2) is 8.78 Å². The van der Waals surface area contributed by atoms with Crippen molar-refractivity contribution in [2.24, 2.45) is 5.92 Å². The molecule has 10 heteroatoms. The molecule has 1 aromatic carbocycles. The van der Waals surface area contributed by atoms with Crippen molar-refractivity contribution in [2.45, 2.75) is 50.9 Å². The molecule has 3 aliphatic heterocycles. The standard InChI is InChI=1S/C22H20ClF2N3O4/c23-14-5-6-15(24)12(17(14)25)7-26-21(31)13-8-27-9-16-10-1-3-11(4-2-10)28(16)22(32)18(27)20(30)19(13)29/h5-6,8,10-11,16,30H,1-4,7,9H2,(H,26,31)/t10-,11+,16-/m0/s1. The van der Waals surface area contributed by atoms with E-state index in [4.69, 9.17) is 11.6 Å². The molecule has 0 spiro atoms. The summed E-state index contributed by atoms with van der Waals surface area (Å²) in [7, 11) is 0. The Bertz CT molecular complexity index is 1210. The van der Waals surface area contributed by atoms with Crippen molar-refractivity contribution in [3.63, 3.8) is 0 Å². The lowest BCUT2D eigenvalue weighted by Gasteiger charge is -2.53. The minimum atomic E-state index is -1.00. The first-order chi connectivity index (χ1) is 15.3. The van der Waals surface area contributed by atoms with Gasteiger partial charge in [0.1, 0.15) is 17.2 Å². The highest BCUT2D eigenvalue weighted by Gasteiger charge is 2.48. The molecule has 168 valence electrons. The number of rotatable bonds is 3. The fourth-order valence-electron chi connectivity index (χ4n) is 5.31. The van der Waals surface area contributed by atoms with Crippen LogP contribution in [-0.4, -0.2) is 38.5 Å². The molecule has 3 fully saturated rings. The summed E-state index contributed by atoms with van der Waals surface area (Å²) < 4.78 is 29.5. The summed E-state index contributed by atoms with van der Waals surface area (Å²) in [5.41, 5.74) is -1.98. The highest BCUT2D eigenvalue weighted by molar-refractivity contribution is 6.30. The molecule has 32 heavy (non-hydrogen) atoms. The molecule has 7 nitrogen and oxygen atoms in total. The number of carbonyl (C=O) groups excluding carboxylic acids is 2. The van der Waals surface area contributed by atoms with Crippen LogP contribution in [0.3, 0.4) is 0 Å². The molecule has 2 saturated heterocycles. The molecule has 2 N–H and O–H groups in total. The van der Waals surface area contributed by atoms with Crippen molar-refractivity contribution in [1.29, 1.82) is 0 Å². The zero-order valence-corrected chi connectivity index (χ0v) is 17.7. The third-order valence-electron chi connectivity index (χ3n) is 6.92. The second kappa shape index (κ2) is 7.58. The number of aromatic hydroxyl groups is 1. The van der Waals surface area contributed by atoms with Crippen molar-refractivity contribution in [2.75, 3.05) is 0 Å². The molecule has 6 rings (SSSR count). The summed E-state index contributed by atoms with van der Waals surface area (Å²) in [5.74, 6) is -3.67. The minimum absolute atomic E-state index is 0.0463. The predicted octanol–water partition coefficient (Wildman–Crippen LogP) is 2.81. The van der Waals surface area contributed by atoms with E-state index in [0.29, 0.717) is 12.5 Å². The number of hydrogen-bond donors (Lipinski definition) is 2. The van der Waals surface area contributed by atoms with Crippen molar-refractivity contribution in [3.8, 4) is 5.75 Å². The van der Waals surface area contributed by atoms with Gasteiger partial charge in [-0.3, -0.25) is 14.4 Å². The topological polar surface area (TPSA) is 91.6 Å². The van der Waals surface area contributed by atoms with Gasteiger partial charge in [0.05, 0.1) is 11.1 Å². The van der Waals surface area contributed by atoms with E-state index in [1.807, 2.05) is 0 Å². The SMILES string of the molecule is O=C(NCc1c(F)ccc(Cl)c1F)c1cn2c(c(O)c1=O)C(=O)N1[C@H]3CC[C@H](CC3)[C@@H]1C2. The van der Waals surface area contributed by atoms with Crippen LogP contribution < -0.4 is 10.7 Å². The Morgan fingerprint density at radius 3 is 2.62 bits per heavy atom. The number of nitrogens with zero attached hydrogens (tertiary/aromatic N) is 2. The Balaban J connectivity index is 1.46. The van der Waals surface area contributed by atoms with Crippen molar-refractivity contribution in [3.05, 3.63) is 62.0 Å². The predicted molar refractivity (Wildman–Crippen MR) is 111 cm³/mol. The number of aromatic nitrogens is 1. The molecular formula is C22H20ClF2N3O4. The Morgan fingerprint density at radius 2 is 1.91 bits per heavy atom. The second-order valence-electron chi connectivity index (χ2n) is 8.57. The lowest BCUT2D eigenvalue weighted by Crippen LogP contribution is -2.61. The zero-order chi connectivity index (χ0) is 22.7. The van der Waals surface area contributed by atoms with Crippen molar-refractivity contribution >= 4 is 23.4 Å². The monoisotopic (exact) mass is 463 g/mol. The van der Waals surface area contributed by atoms with Gasteiger partial charge in [-0.15, -0.1) is 0 Å². The molecule has 2 amide bonds. The van der Waals surface area contributed by atoms with E-state index >= 15 is 0 Å². The van der Waals surface area contributed by atoms with Crippen LogP contribution in [0.1, 0.15) is 52.1 Å². The van der Waals surface area contributed by atoms with E-state index in [-0.39, 0.29) is 22.8 Å². The summed E-state index contributed by atoms with van der Waals surface area (Å²) in [6, 6.07) is 2.09. The van der Waals surface area contributed by atoms with Crippen LogP contribution in [0, 0.1) is 17.6 Å². The molecule has 0 radical (unpaired) electrons. The molecular weight excluding hydrogens is 444 g/mol. The lowest BCUT2D eigenvalue weighted by molar-refractivity contribution is -0.0181. The Kier molecular flexibility index (Phi) is 4.96. The number of hydrogen-bond acceptors (Lipinski definition) is 4. The molecule has 1 aromatic heterocycles. The maximum absolute atomic E-state index is 14.1. The first kappa shape index (κ1) is 20.9. The van der Waals surface area contributed by atoms with Crippen LogP contribution in [0.25, 0.3) is 0 Å². The van der Waals surface area contributed by atoms with Crippen LogP contribution in [0.15, 0.2) is 23.1 Å². The van der Waals surface area contributed by atoms with E-state index < -0.39 is 52.3 Å². The molecule has 4 aliphatic rings. The van der Waals surface area contributed by atoms with E-state index in [9.17, 15) is 28.3 Å². The van der Waals surface area contributed by atoms with Gasteiger partial charge in [0.25, 0.3) is 11.8 Å². The fourth-order valence-corrected chi connectivity index (χ4v) is 5.49. The summed E-state index contributed by atoms with van der Waals surface area (Å²) >= 11 is 5.66. The maximum Gasteiger partial charge on any atom is 0.275 e. The van der Waals surface area contributed by atoms with Crippen LogP contribution in [-0.2, 0) is 13.1 Å². The summed E-state index contributed by atoms with van der Waals surface area (Å²) in [5, 5.41) is 12.5. The minimum Gasteiger partial charge on any atom is -0.503 e. The molecule has 1 saturated carbocycles. The van der Waals surface area contributed by atoms with Crippen LogP contribution in [0.5, 0.6) is 5.75 Å². The summed E-state index contributed by atoms with van der Waals surface area (Å²) in [6.45, 7) is -0.175. The number of amides is 2. The average molecular weight is 464 g/mol. The van der Waals surface area contributed by atoms with Gasteiger partial charge in [0.15, 0.2) is 11.4 Å². The molecule has 2 aromatic rings. The van der Waals surface area contributed by atoms with Crippen LogP contribution in [0.4, 0.5) is 8.78 Å². The van der Waals surface area contributed by atoms with E-state index in [1.165, 1.54) is 10.8 Å². The number of halogens is 3. The van der Waals surface area contributed by atoms with Gasteiger partial charge in [0, 0.05) is 30.9 Å². The smallest absolute Gasteiger partial charge is 0.275 e. The summed E-state index contributed by atoms with van der Waals surface area (Å²) in [6.07, 6.45) is 5.11. The number of fused-ring (bicyclic) bond motifs is 3. The van der Waals surface area contributed by atoms with Crippen molar-refractivity contribution < 1.29 is 23.5 Å². The third-order valence-corrected chi connectivity index (χ3v) is 7.21. The fraction of sp³-hybridized carbons (Fsp3) is 0.409. The maximum atomic E-state index is 14.1. The first-order valence-electron chi connectivity index (χ1n) is 10.5. The van der Waals surface area contributed by atoms with Gasteiger partial charge in [-0.05, 0) is 43.7 Å². The van der Waals surface area contributed by atoms with Gasteiger partial charge in [-0.2, -0.15) is 0 Å². The average Bonchev–Trinajstić information content (AvgIpc) is 2.79. The van der Waals surface area contributed by atoms with E-state index in [2.05, 4.69) is 5.32 Å². The highest BCUT2D eigenvalue weighted by Crippen LogP contribution is 2.43. The Morgan fingerprint density at radius 1 is 1.19 bits per heavy atom. The Hall–Kier alpha value is -2.94. The van der Waals surface area contributed by atoms with Gasteiger partial charge >= 0.3 is 0 Å². The molecule has 0 unspecified atom stereocenters. The van der Waals surface area contributed by atoms with Gasteiger partial charge in [-0.1, -0.05) is 11.6 Å². The lowest BCUT2D eigenvalue weighted by atomic mass is 9.73. The third kappa shape index (κ3) is 3.09. The zero-order valence-electron chi connectivity index (χ0n) is 16.9. The summed E-state index contributed by atoms with van der Waals surface area (Å²) in [4.78, 5) is 40.3. The molecule has 1 atom stereocenters. The van der Waals surface area contributed by atoms with Gasteiger partial charge < -0.3 is 19.9 Å². The van der Waals surface area contributed by atoms with Crippen LogP contribution in [0.2, 0.25) is 5.02 Å². The first-order valence-corrected chi connectivity index (χ1v) is 10.8. The molecule has 4 heterocycles. The van der Waals surface area contributed by atoms with E-state index in [0.717, 1.165) is 37.8 Å². The van der Waals surface area contributed by atoms with Crippen LogP contribution >= 0.6 is 11.6 Å². The largest absolute Gasteiger partial charge is 0.503 e. The quantitative estimate of drug-likeness (QED) is 0.685. The number of nitrogens with one attached hydrogen (secondary N) is 1. The van der Waals surface area contributed by atoms with Gasteiger partial charge in [0.2, 0.25) is 5.43 Å². The Labute approximate surface area is 186 Å². The van der Waals surface area contributed by atoms with E-state index in [1.54, 1.807) is 4.90 Å². The normalized spacial score (nSPS) is 23.7. The number of pyridine rings is 1.